The molecule has 1 aliphatic heterocycles. The fourth-order valence-electron chi connectivity index (χ4n) is 2.74. The summed E-state index contributed by atoms with van der Waals surface area (Å²) < 4.78 is 49.9. The molecule has 11 heteroatoms. The maximum Gasteiger partial charge on any atom is 0.358 e. The zero-order valence-corrected chi connectivity index (χ0v) is 16.6. The SMILES string of the molecule is CS(=O)(=O)c1ccc2nc(NC(=O)S(=O)(=O)N3CCCCCC3)sc2c1. The highest BCUT2D eigenvalue weighted by Gasteiger charge is 2.31. The van der Waals surface area contributed by atoms with E-state index in [0.29, 0.717) is 23.3 Å². The maximum absolute atomic E-state index is 12.5. The topological polar surface area (TPSA) is 114 Å². The number of sulfone groups is 1. The molecule has 1 saturated heterocycles. The number of rotatable bonds is 3. The Bertz CT molecular complexity index is 1040. The molecule has 26 heavy (non-hydrogen) atoms. The summed E-state index contributed by atoms with van der Waals surface area (Å²) in [6.45, 7) is 0.681. The second kappa shape index (κ2) is 7.22. The largest absolute Gasteiger partial charge is 0.358 e. The average molecular weight is 418 g/mol. The lowest BCUT2D eigenvalue weighted by Crippen LogP contribution is -2.39. The Hall–Kier alpha value is -1.56. The molecule has 0 bridgehead atoms. The van der Waals surface area contributed by atoms with Gasteiger partial charge in [-0.25, -0.2) is 21.8 Å². The van der Waals surface area contributed by atoms with Crippen molar-refractivity contribution >= 4 is 51.8 Å². The van der Waals surface area contributed by atoms with E-state index >= 15 is 0 Å². The number of hydrogen-bond acceptors (Lipinski definition) is 7. The van der Waals surface area contributed by atoms with Crippen LogP contribution in [0.2, 0.25) is 0 Å². The number of fused-ring (bicyclic) bond motifs is 1. The lowest BCUT2D eigenvalue weighted by molar-refractivity contribution is 0.265. The molecular weight excluding hydrogens is 398 g/mol. The highest BCUT2D eigenvalue weighted by Crippen LogP contribution is 2.28. The van der Waals surface area contributed by atoms with E-state index in [4.69, 9.17) is 0 Å². The highest BCUT2D eigenvalue weighted by atomic mass is 32.2. The van der Waals surface area contributed by atoms with Gasteiger partial charge >= 0.3 is 5.24 Å². The van der Waals surface area contributed by atoms with Crippen LogP contribution in [-0.4, -0.2) is 50.7 Å². The molecule has 2 heterocycles. The summed E-state index contributed by atoms with van der Waals surface area (Å²) in [5, 5.41) is 1.35. The van der Waals surface area contributed by atoms with E-state index in [9.17, 15) is 21.6 Å². The van der Waals surface area contributed by atoms with Crippen molar-refractivity contribution in [2.24, 2.45) is 0 Å². The third-order valence-corrected chi connectivity index (χ3v) is 7.80. The Balaban J connectivity index is 1.82. The van der Waals surface area contributed by atoms with E-state index in [1.165, 1.54) is 22.5 Å². The van der Waals surface area contributed by atoms with Crippen LogP contribution in [-0.2, 0) is 19.9 Å². The fraction of sp³-hybridized carbons (Fsp3) is 0.467. The van der Waals surface area contributed by atoms with Crippen LogP contribution in [0.1, 0.15) is 25.7 Å². The van der Waals surface area contributed by atoms with Crippen molar-refractivity contribution < 1.29 is 21.6 Å². The number of sulfonamides is 1. The van der Waals surface area contributed by atoms with Gasteiger partial charge in [0.2, 0.25) is 0 Å². The van der Waals surface area contributed by atoms with E-state index in [0.717, 1.165) is 43.3 Å². The fourth-order valence-corrected chi connectivity index (χ4v) is 5.63. The Kier molecular flexibility index (Phi) is 5.33. The van der Waals surface area contributed by atoms with Crippen molar-refractivity contribution in [3.63, 3.8) is 0 Å². The molecule has 0 saturated carbocycles. The van der Waals surface area contributed by atoms with Gasteiger partial charge in [0.1, 0.15) is 0 Å². The van der Waals surface area contributed by atoms with E-state index in [1.807, 2.05) is 0 Å². The van der Waals surface area contributed by atoms with Crippen LogP contribution in [0.3, 0.4) is 0 Å². The van der Waals surface area contributed by atoms with Crippen LogP contribution < -0.4 is 5.32 Å². The molecule has 0 radical (unpaired) electrons. The minimum absolute atomic E-state index is 0.119. The van der Waals surface area contributed by atoms with E-state index in [1.54, 1.807) is 0 Å². The van der Waals surface area contributed by atoms with E-state index in [2.05, 4.69) is 10.3 Å². The van der Waals surface area contributed by atoms with E-state index < -0.39 is 25.1 Å². The number of carbonyl (C=O) groups excluding carboxylic acids is 1. The van der Waals surface area contributed by atoms with Crippen LogP contribution in [0.25, 0.3) is 10.2 Å². The molecule has 0 atom stereocenters. The van der Waals surface area contributed by atoms with Crippen LogP contribution in [0, 0.1) is 0 Å². The van der Waals surface area contributed by atoms with Crippen LogP contribution >= 0.6 is 11.3 Å². The zero-order chi connectivity index (χ0) is 18.9. The Labute approximate surface area is 156 Å². The predicted octanol–water partition coefficient (Wildman–Crippen LogP) is 2.44. The average Bonchev–Trinajstić information content (AvgIpc) is 2.77. The number of thiazole rings is 1. The lowest BCUT2D eigenvalue weighted by atomic mass is 10.2. The molecule has 1 aromatic heterocycles. The Morgan fingerprint density at radius 1 is 1.12 bits per heavy atom. The van der Waals surface area contributed by atoms with Crippen molar-refractivity contribution in [3.05, 3.63) is 18.2 Å². The summed E-state index contributed by atoms with van der Waals surface area (Å²) >= 11 is 1.03. The molecular formula is C15H19N3O5S3. The molecule has 2 aromatic rings. The molecule has 0 unspecified atom stereocenters. The molecule has 142 valence electrons. The molecule has 8 nitrogen and oxygen atoms in total. The highest BCUT2D eigenvalue weighted by molar-refractivity contribution is 8.04. The molecule has 1 fully saturated rings. The minimum atomic E-state index is -4.10. The smallest absolute Gasteiger partial charge is 0.287 e. The second-order valence-corrected chi connectivity index (χ2v) is 11.0. The Morgan fingerprint density at radius 3 is 2.38 bits per heavy atom. The third kappa shape index (κ3) is 4.05. The quantitative estimate of drug-likeness (QED) is 0.820. The van der Waals surface area contributed by atoms with Gasteiger partial charge in [-0.2, -0.15) is 4.31 Å². The van der Waals surface area contributed by atoms with Crippen molar-refractivity contribution in [3.8, 4) is 0 Å². The standard InChI is InChI=1S/C15H19N3O5S3/c1-25(20,21)11-6-7-12-13(10-11)24-14(16-12)17-15(19)26(22,23)18-8-4-2-3-5-9-18/h6-7,10H,2-5,8-9H2,1H3,(H,16,17,19). The number of hydrogen-bond donors (Lipinski definition) is 1. The molecule has 0 spiro atoms. The zero-order valence-electron chi connectivity index (χ0n) is 14.1. The second-order valence-electron chi connectivity index (χ2n) is 6.15. The van der Waals surface area contributed by atoms with Gasteiger partial charge in [0.15, 0.2) is 15.0 Å². The third-order valence-electron chi connectivity index (χ3n) is 4.14. The van der Waals surface area contributed by atoms with Gasteiger partial charge in [0.05, 0.1) is 15.1 Å². The van der Waals surface area contributed by atoms with Gasteiger partial charge in [0, 0.05) is 19.3 Å². The number of amides is 1. The van der Waals surface area contributed by atoms with E-state index in [-0.39, 0.29) is 10.0 Å². The van der Waals surface area contributed by atoms with Crippen molar-refractivity contribution in [1.82, 2.24) is 9.29 Å². The first-order valence-corrected chi connectivity index (χ1v) is 12.2. The summed E-state index contributed by atoms with van der Waals surface area (Å²) in [6, 6.07) is 4.42. The van der Waals surface area contributed by atoms with Crippen LogP contribution in [0.15, 0.2) is 23.1 Å². The predicted molar refractivity (Wildman–Crippen MR) is 101 cm³/mol. The summed E-state index contributed by atoms with van der Waals surface area (Å²) in [5.41, 5.74) is 0.491. The summed E-state index contributed by atoms with van der Waals surface area (Å²) in [5.74, 6) is 0. The number of benzene rings is 1. The number of nitrogens with one attached hydrogen (secondary N) is 1. The number of anilines is 1. The molecule has 3 rings (SSSR count). The molecule has 1 aromatic carbocycles. The summed E-state index contributed by atoms with van der Waals surface area (Å²) in [7, 11) is -7.46. The number of aromatic nitrogens is 1. The summed E-state index contributed by atoms with van der Waals surface area (Å²) in [4.78, 5) is 16.6. The summed E-state index contributed by atoms with van der Waals surface area (Å²) in [6.07, 6.45) is 4.48. The molecule has 1 N–H and O–H groups in total. The normalized spacial score (nSPS) is 17.1. The Morgan fingerprint density at radius 2 is 1.77 bits per heavy atom. The van der Waals surface area contributed by atoms with Crippen molar-refractivity contribution in [2.75, 3.05) is 24.7 Å². The van der Waals surface area contributed by atoms with Gasteiger partial charge in [-0.3, -0.25) is 10.1 Å². The maximum atomic E-state index is 12.5. The van der Waals surface area contributed by atoms with Crippen LogP contribution in [0.4, 0.5) is 9.93 Å². The number of nitrogens with zero attached hydrogens (tertiary/aromatic N) is 2. The number of carbonyl (C=O) groups is 1. The van der Waals surface area contributed by atoms with Gasteiger partial charge in [-0.15, -0.1) is 0 Å². The first-order chi connectivity index (χ1) is 12.2. The molecule has 1 aliphatic rings. The van der Waals surface area contributed by atoms with Crippen molar-refractivity contribution in [1.29, 1.82) is 0 Å². The molecule has 1 amide bonds. The van der Waals surface area contributed by atoms with Gasteiger partial charge in [0.25, 0.3) is 10.0 Å². The van der Waals surface area contributed by atoms with Gasteiger partial charge in [-0.05, 0) is 31.0 Å². The monoisotopic (exact) mass is 417 g/mol. The lowest BCUT2D eigenvalue weighted by Gasteiger charge is -2.18. The minimum Gasteiger partial charge on any atom is -0.287 e. The van der Waals surface area contributed by atoms with Gasteiger partial charge in [-0.1, -0.05) is 24.2 Å². The van der Waals surface area contributed by atoms with Crippen molar-refractivity contribution in [2.45, 2.75) is 30.6 Å². The molecule has 0 aliphatic carbocycles. The van der Waals surface area contributed by atoms with Gasteiger partial charge < -0.3 is 0 Å². The first-order valence-electron chi connectivity index (χ1n) is 8.10. The first kappa shape index (κ1) is 19.2. The van der Waals surface area contributed by atoms with Crippen LogP contribution in [0.5, 0.6) is 0 Å².